The van der Waals surface area contributed by atoms with Crippen molar-refractivity contribution in [3.8, 4) is 0 Å². The largest absolute Gasteiger partial charge is 0.462 e. The van der Waals surface area contributed by atoms with Crippen molar-refractivity contribution < 1.29 is 14.3 Å². The van der Waals surface area contributed by atoms with Crippen molar-refractivity contribution >= 4 is 23.3 Å². The Hall–Kier alpha value is -3.67. The molecule has 2 heterocycles. The smallest absolute Gasteiger partial charge is 0.338 e. The van der Waals surface area contributed by atoms with E-state index >= 15 is 0 Å². The van der Waals surface area contributed by atoms with Gasteiger partial charge in [-0.05, 0) is 62.4 Å². The minimum Gasteiger partial charge on any atom is -0.462 e. The molecule has 0 aliphatic carbocycles. The van der Waals surface area contributed by atoms with Crippen LogP contribution in [0.2, 0.25) is 0 Å². The number of pyridine rings is 1. The lowest BCUT2D eigenvalue weighted by Crippen LogP contribution is -2.32. The second-order valence-corrected chi connectivity index (χ2v) is 6.79. The van der Waals surface area contributed by atoms with Gasteiger partial charge >= 0.3 is 5.97 Å². The van der Waals surface area contributed by atoms with E-state index in [0.29, 0.717) is 23.4 Å². The van der Waals surface area contributed by atoms with E-state index < -0.39 is 6.17 Å². The van der Waals surface area contributed by atoms with Crippen LogP contribution in [-0.2, 0) is 4.74 Å². The molecule has 1 atom stereocenters. The molecule has 1 aliphatic rings. The highest BCUT2D eigenvalue weighted by Gasteiger charge is 2.38. The Morgan fingerprint density at radius 1 is 1.10 bits per heavy atom. The quantitative estimate of drug-likeness (QED) is 0.660. The standard InChI is InChI=1S/C23H21N3O3/c1-3-29-23(28)16-8-10-17(11-9-16)25-21-20-19(5-4-14-24-20)22(27)26(21)18-12-6-15(2)7-13-18/h4-14,21,25H,3H2,1-2H3. The third-order valence-electron chi connectivity index (χ3n) is 4.82. The second kappa shape index (κ2) is 7.75. The van der Waals surface area contributed by atoms with E-state index in [4.69, 9.17) is 4.74 Å². The first kappa shape index (κ1) is 18.7. The van der Waals surface area contributed by atoms with Gasteiger partial charge in [0, 0.05) is 17.6 Å². The summed E-state index contributed by atoms with van der Waals surface area (Å²) in [7, 11) is 0. The van der Waals surface area contributed by atoms with Gasteiger partial charge in [-0.15, -0.1) is 0 Å². The molecule has 29 heavy (non-hydrogen) atoms. The molecule has 0 fully saturated rings. The highest BCUT2D eigenvalue weighted by atomic mass is 16.5. The van der Waals surface area contributed by atoms with E-state index in [1.165, 1.54) is 0 Å². The van der Waals surface area contributed by atoms with Crippen LogP contribution >= 0.6 is 0 Å². The zero-order chi connectivity index (χ0) is 20.4. The van der Waals surface area contributed by atoms with Crippen LogP contribution in [0.5, 0.6) is 0 Å². The number of benzene rings is 2. The Balaban J connectivity index is 1.66. The number of carbonyl (C=O) groups is 2. The molecule has 0 saturated heterocycles. The van der Waals surface area contributed by atoms with Gasteiger partial charge in [0.2, 0.25) is 0 Å². The number of carbonyl (C=O) groups excluding carboxylic acids is 2. The molecule has 2 aromatic carbocycles. The van der Waals surface area contributed by atoms with Crippen LogP contribution < -0.4 is 10.2 Å². The number of esters is 1. The van der Waals surface area contributed by atoms with E-state index in [1.807, 2.05) is 31.2 Å². The summed E-state index contributed by atoms with van der Waals surface area (Å²) in [6.07, 6.45) is 1.23. The summed E-state index contributed by atoms with van der Waals surface area (Å²) in [5, 5.41) is 3.38. The first-order valence-electron chi connectivity index (χ1n) is 9.47. The molecule has 1 amide bonds. The van der Waals surface area contributed by atoms with Gasteiger partial charge in [0.1, 0.15) is 0 Å². The zero-order valence-corrected chi connectivity index (χ0v) is 16.3. The van der Waals surface area contributed by atoms with Crippen molar-refractivity contribution in [2.75, 3.05) is 16.8 Å². The third kappa shape index (κ3) is 3.57. The highest BCUT2D eigenvalue weighted by Crippen LogP contribution is 2.36. The molecule has 3 aromatic rings. The van der Waals surface area contributed by atoms with Crippen molar-refractivity contribution in [2.45, 2.75) is 20.0 Å². The summed E-state index contributed by atoms with van der Waals surface area (Å²) < 4.78 is 5.02. The van der Waals surface area contributed by atoms with Crippen molar-refractivity contribution in [3.63, 3.8) is 0 Å². The van der Waals surface area contributed by atoms with Crippen molar-refractivity contribution in [2.24, 2.45) is 0 Å². The second-order valence-electron chi connectivity index (χ2n) is 6.79. The average molecular weight is 387 g/mol. The maximum atomic E-state index is 13.1. The molecule has 146 valence electrons. The van der Waals surface area contributed by atoms with E-state index in [1.54, 1.807) is 54.4 Å². The molecule has 1 N–H and O–H groups in total. The van der Waals surface area contributed by atoms with Gasteiger partial charge in [0.05, 0.1) is 23.4 Å². The van der Waals surface area contributed by atoms with Crippen LogP contribution in [0.15, 0.2) is 66.9 Å². The predicted molar refractivity (Wildman–Crippen MR) is 111 cm³/mol. The number of aromatic nitrogens is 1. The lowest BCUT2D eigenvalue weighted by molar-refractivity contribution is 0.0526. The highest BCUT2D eigenvalue weighted by molar-refractivity contribution is 6.11. The fraction of sp³-hybridized carbons (Fsp3) is 0.174. The molecular formula is C23H21N3O3. The van der Waals surface area contributed by atoms with Crippen LogP contribution in [0.1, 0.15) is 45.1 Å². The van der Waals surface area contributed by atoms with Crippen molar-refractivity contribution in [1.29, 1.82) is 0 Å². The Labute approximate surface area is 169 Å². The van der Waals surface area contributed by atoms with Gasteiger partial charge in [0.25, 0.3) is 5.91 Å². The number of anilines is 2. The van der Waals surface area contributed by atoms with Gasteiger partial charge in [-0.2, -0.15) is 0 Å². The zero-order valence-electron chi connectivity index (χ0n) is 16.3. The number of amides is 1. The summed E-state index contributed by atoms with van der Waals surface area (Å²) in [6.45, 7) is 4.11. The molecule has 1 aromatic heterocycles. The van der Waals surface area contributed by atoms with Crippen LogP contribution in [0.3, 0.4) is 0 Å². The Kier molecular flexibility index (Phi) is 4.99. The number of ether oxygens (including phenoxy) is 1. The molecule has 0 radical (unpaired) electrons. The number of rotatable bonds is 5. The van der Waals surface area contributed by atoms with Gasteiger partial charge in [-0.1, -0.05) is 17.7 Å². The first-order chi connectivity index (χ1) is 14.1. The number of hydrogen-bond acceptors (Lipinski definition) is 5. The lowest BCUT2D eigenvalue weighted by Gasteiger charge is -2.26. The Morgan fingerprint density at radius 2 is 1.83 bits per heavy atom. The molecule has 4 rings (SSSR count). The maximum absolute atomic E-state index is 13.1. The van der Waals surface area contributed by atoms with E-state index in [2.05, 4.69) is 10.3 Å². The third-order valence-corrected chi connectivity index (χ3v) is 4.82. The lowest BCUT2D eigenvalue weighted by atomic mass is 10.2. The molecule has 1 aliphatic heterocycles. The number of nitrogens with one attached hydrogen (secondary N) is 1. The minimum absolute atomic E-state index is 0.0994. The van der Waals surface area contributed by atoms with Crippen LogP contribution in [0.25, 0.3) is 0 Å². The molecular weight excluding hydrogens is 366 g/mol. The normalized spacial score (nSPS) is 15.2. The summed E-state index contributed by atoms with van der Waals surface area (Å²) >= 11 is 0. The number of nitrogens with zero attached hydrogens (tertiary/aromatic N) is 2. The fourth-order valence-corrected chi connectivity index (χ4v) is 3.36. The van der Waals surface area contributed by atoms with Crippen LogP contribution in [0.4, 0.5) is 11.4 Å². The van der Waals surface area contributed by atoms with Crippen LogP contribution in [0, 0.1) is 6.92 Å². The van der Waals surface area contributed by atoms with Gasteiger partial charge in [-0.25, -0.2) is 4.79 Å². The van der Waals surface area contributed by atoms with Gasteiger partial charge in [-0.3, -0.25) is 14.7 Å². The van der Waals surface area contributed by atoms with Crippen molar-refractivity contribution in [3.05, 3.63) is 89.2 Å². The monoisotopic (exact) mass is 387 g/mol. The van der Waals surface area contributed by atoms with Gasteiger partial charge < -0.3 is 10.1 Å². The van der Waals surface area contributed by atoms with E-state index in [-0.39, 0.29) is 11.9 Å². The SMILES string of the molecule is CCOC(=O)c1ccc(NC2c3ncccc3C(=O)N2c2ccc(C)cc2)cc1. The van der Waals surface area contributed by atoms with E-state index in [9.17, 15) is 9.59 Å². The molecule has 1 unspecified atom stereocenters. The first-order valence-corrected chi connectivity index (χ1v) is 9.47. The van der Waals surface area contributed by atoms with E-state index in [0.717, 1.165) is 16.9 Å². The molecule has 6 nitrogen and oxygen atoms in total. The van der Waals surface area contributed by atoms with Crippen LogP contribution in [-0.4, -0.2) is 23.5 Å². The Bertz CT molecular complexity index is 1050. The maximum Gasteiger partial charge on any atom is 0.338 e. The van der Waals surface area contributed by atoms with Gasteiger partial charge in [0.15, 0.2) is 6.17 Å². The topological polar surface area (TPSA) is 71.5 Å². The summed E-state index contributed by atoms with van der Waals surface area (Å²) in [5.41, 5.74) is 4.41. The molecule has 0 saturated carbocycles. The summed E-state index contributed by atoms with van der Waals surface area (Å²) in [5.74, 6) is -0.457. The molecule has 0 spiro atoms. The predicted octanol–water partition coefficient (Wildman–Crippen LogP) is 4.34. The fourth-order valence-electron chi connectivity index (χ4n) is 3.36. The van der Waals surface area contributed by atoms with Crippen molar-refractivity contribution in [1.82, 2.24) is 4.98 Å². The average Bonchev–Trinajstić information content (AvgIpc) is 3.01. The summed E-state index contributed by atoms with van der Waals surface area (Å²) in [4.78, 5) is 31.1. The number of aryl methyl sites for hydroxylation is 1. The molecule has 6 heteroatoms. The number of hydrogen-bond donors (Lipinski definition) is 1. The Morgan fingerprint density at radius 3 is 2.52 bits per heavy atom. The number of fused-ring (bicyclic) bond motifs is 1. The minimum atomic E-state index is -0.449. The molecule has 0 bridgehead atoms. The summed E-state index contributed by atoms with van der Waals surface area (Å²) in [6, 6.07) is 18.4.